The molecule has 2 aliphatic rings. The molecular weight excluding hydrogens is 752 g/mol. The van der Waals surface area contributed by atoms with E-state index in [0.29, 0.717) is 4.57 Å². The molecule has 7 atom stereocenters. The van der Waals surface area contributed by atoms with Crippen LogP contribution in [0.3, 0.4) is 0 Å². The van der Waals surface area contributed by atoms with Crippen LogP contribution < -0.4 is 22.8 Å². The van der Waals surface area contributed by atoms with Crippen molar-refractivity contribution in [3.8, 4) is 0 Å². The molecule has 0 aliphatic carbocycles. The third kappa shape index (κ3) is 9.16. The summed E-state index contributed by atoms with van der Waals surface area (Å²) in [5.41, 5.74) is -0.729. The molecule has 0 spiro atoms. The van der Waals surface area contributed by atoms with Crippen LogP contribution >= 0.6 is 0 Å². The van der Waals surface area contributed by atoms with Crippen molar-refractivity contribution >= 4 is 47.6 Å². The minimum Gasteiger partial charge on any atom is -0.481 e. The van der Waals surface area contributed by atoms with Crippen LogP contribution in [-0.2, 0) is 58.3 Å². The molecule has 27 nitrogen and oxygen atoms in total. The second-order valence-corrected chi connectivity index (χ2v) is 11.7. The summed E-state index contributed by atoms with van der Waals surface area (Å²) in [6, 6.07) is 0.993. The SMILES string of the molecule is CC(=O)OC[C@H]1O[C@@H](n2cnc(N)nc2=O)[C@H](OC(C)=O)[C@@H]1OC(C)=O.Nc1ccn([C@]2(CC(=O)O)ON(CO)[C@](O)(CC(=O)O)[C@]2(O)CC(=O)O)c(=O)n1. The number of esters is 3. The molecule has 0 aromatic carbocycles. The Kier molecular flexibility index (Phi) is 13.3. The second kappa shape index (κ2) is 16.9. The number of aliphatic hydroxyl groups is 3. The molecule has 2 aromatic rings. The molecule has 2 saturated heterocycles. The van der Waals surface area contributed by atoms with Gasteiger partial charge in [0, 0.05) is 27.0 Å². The van der Waals surface area contributed by atoms with Gasteiger partial charge in [-0.3, -0.25) is 42.7 Å². The van der Waals surface area contributed by atoms with E-state index < -0.39 is 115 Å². The Morgan fingerprint density at radius 1 is 0.855 bits per heavy atom. The number of hydrogen-bond donors (Lipinski definition) is 8. The lowest BCUT2D eigenvalue weighted by atomic mass is 9.75. The lowest BCUT2D eigenvalue weighted by Crippen LogP contribution is -2.68. The summed E-state index contributed by atoms with van der Waals surface area (Å²) in [5.74, 6) is -7.80. The number of hydrogen-bond acceptors (Lipinski definition) is 22. The predicted octanol–water partition coefficient (Wildman–Crippen LogP) is -4.94. The zero-order valence-electron chi connectivity index (χ0n) is 28.9. The molecule has 27 heteroatoms. The maximum absolute atomic E-state index is 12.4. The van der Waals surface area contributed by atoms with Crippen LogP contribution in [0.2, 0.25) is 0 Å². The Morgan fingerprint density at radius 3 is 1.93 bits per heavy atom. The Balaban J connectivity index is 0.000000297. The number of nitrogens with zero attached hydrogens (tertiary/aromatic N) is 6. The molecule has 0 saturated carbocycles. The van der Waals surface area contributed by atoms with E-state index in [1.54, 1.807) is 0 Å². The van der Waals surface area contributed by atoms with E-state index in [1.807, 2.05) is 0 Å². The fourth-order valence-electron chi connectivity index (χ4n) is 5.79. The fraction of sp³-hybridized carbons (Fsp3) is 0.536. The van der Waals surface area contributed by atoms with Gasteiger partial charge in [0.2, 0.25) is 11.7 Å². The lowest BCUT2D eigenvalue weighted by Gasteiger charge is -2.43. The lowest BCUT2D eigenvalue weighted by molar-refractivity contribution is -0.308. The van der Waals surface area contributed by atoms with Crippen molar-refractivity contribution in [1.29, 1.82) is 0 Å². The maximum Gasteiger partial charge on any atom is 0.354 e. The molecule has 10 N–H and O–H groups in total. The van der Waals surface area contributed by atoms with E-state index in [-0.39, 0.29) is 23.4 Å². The van der Waals surface area contributed by atoms with Crippen molar-refractivity contribution in [2.24, 2.45) is 0 Å². The van der Waals surface area contributed by atoms with E-state index in [1.165, 1.54) is 6.92 Å². The molecule has 0 amide bonds. The third-order valence-corrected chi connectivity index (χ3v) is 7.88. The summed E-state index contributed by atoms with van der Waals surface area (Å²) in [6.07, 6.45) is -6.84. The van der Waals surface area contributed by atoms with Crippen molar-refractivity contribution in [3.05, 3.63) is 39.6 Å². The van der Waals surface area contributed by atoms with Crippen LogP contribution in [0.5, 0.6) is 0 Å². The quantitative estimate of drug-likeness (QED) is 0.0696. The van der Waals surface area contributed by atoms with Gasteiger partial charge in [-0.1, -0.05) is 0 Å². The van der Waals surface area contributed by atoms with E-state index in [0.717, 1.165) is 37.0 Å². The molecule has 2 aliphatic heterocycles. The first-order valence-corrected chi connectivity index (χ1v) is 15.4. The largest absolute Gasteiger partial charge is 0.481 e. The number of carbonyl (C=O) groups excluding carboxylic acids is 3. The smallest absolute Gasteiger partial charge is 0.354 e. The average molecular weight is 789 g/mol. The van der Waals surface area contributed by atoms with Gasteiger partial charge in [-0.15, -0.1) is 5.06 Å². The Labute approximate surface area is 306 Å². The highest BCUT2D eigenvalue weighted by Crippen LogP contribution is 2.53. The van der Waals surface area contributed by atoms with Gasteiger partial charge in [-0.2, -0.15) is 9.97 Å². The molecular formula is C28H36N8O19. The number of aliphatic hydroxyl groups excluding tert-OH is 1. The maximum atomic E-state index is 12.4. The van der Waals surface area contributed by atoms with E-state index >= 15 is 0 Å². The van der Waals surface area contributed by atoms with E-state index in [9.17, 15) is 63.9 Å². The van der Waals surface area contributed by atoms with Crippen LogP contribution in [0.4, 0.5) is 11.8 Å². The molecule has 55 heavy (non-hydrogen) atoms. The van der Waals surface area contributed by atoms with Crippen molar-refractivity contribution in [3.63, 3.8) is 0 Å². The van der Waals surface area contributed by atoms with Crippen molar-refractivity contribution in [1.82, 2.24) is 29.1 Å². The summed E-state index contributed by atoms with van der Waals surface area (Å²) in [6.45, 7) is 1.90. The van der Waals surface area contributed by atoms with Gasteiger partial charge in [0.1, 0.15) is 31.6 Å². The number of aromatic nitrogens is 5. The number of anilines is 2. The van der Waals surface area contributed by atoms with Gasteiger partial charge < -0.3 is 61.1 Å². The summed E-state index contributed by atoms with van der Waals surface area (Å²) in [4.78, 5) is 108. The summed E-state index contributed by atoms with van der Waals surface area (Å²) in [5, 5.41) is 59.6. The Bertz CT molecular complexity index is 1940. The van der Waals surface area contributed by atoms with Crippen LogP contribution in [0.25, 0.3) is 0 Å². The topological polar surface area (TPSA) is 408 Å². The first-order valence-electron chi connectivity index (χ1n) is 15.4. The Morgan fingerprint density at radius 2 is 1.44 bits per heavy atom. The normalized spacial score (nSPS) is 27.3. The number of carboxylic acid groups (broad SMARTS) is 3. The van der Waals surface area contributed by atoms with Crippen LogP contribution in [0.1, 0.15) is 46.3 Å². The molecule has 4 heterocycles. The monoisotopic (exact) mass is 788 g/mol. The number of ether oxygens (including phenoxy) is 4. The summed E-state index contributed by atoms with van der Waals surface area (Å²) >= 11 is 0. The predicted molar refractivity (Wildman–Crippen MR) is 170 cm³/mol. The van der Waals surface area contributed by atoms with E-state index in [2.05, 4.69) is 15.0 Å². The minimum absolute atomic E-state index is 0.0931. The van der Waals surface area contributed by atoms with E-state index in [4.69, 9.17) is 40.4 Å². The first-order chi connectivity index (χ1) is 25.5. The van der Waals surface area contributed by atoms with Crippen molar-refractivity contribution in [2.45, 2.75) is 81.6 Å². The van der Waals surface area contributed by atoms with Crippen LogP contribution in [0.15, 0.2) is 28.2 Å². The third-order valence-electron chi connectivity index (χ3n) is 7.88. The number of hydroxylamine groups is 2. The number of aliphatic carboxylic acids is 3. The van der Waals surface area contributed by atoms with Crippen LogP contribution in [0, 0.1) is 0 Å². The standard InChI is InChI=1S/C14H18N4O11.C14H18N4O8/c15-7-1-2-17(11(26)16-7)14(5-10(24)25)12(27,3-8(20)21)13(28,4-9(22)23)18(6-19)29-14;1-6(19)23-4-9-10(24-7(2)20)11(25-8(3)21)12(26-9)18-5-16-13(15)17-14(18)22/h1-2,19,27-28H,3-6H2,(H,20,21)(H,22,23)(H,24,25)(H2,15,16,26);5,9-12H,4H2,1-3H3,(H2,15,17,22)/t12-,13+,14-;9-,10-,11-,12-/m11/s1. The molecule has 302 valence electrons. The number of nitrogens with two attached hydrogens (primary N) is 2. The number of rotatable bonds is 13. The number of carboxylic acids is 3. The van der Waals surface area contributed by atoms with Crippen LogP contribution in [-0.4, -0.2) is 139 Å². The average Bonchev–Trinajstić information content (AvgIpc) is 3.43. The van der Waals surface area contributed by atoms with Gasteiger partial charge in [0.05, 0.1) is 19.3 Å². The van der Waals surface area contributed by atoms with Gasteiger partial charge >= 0.3 is 47.2 Å². The highest BCUT2D eigenvalue weighted by Gasteiger charge is 2.76. The first kappa shape index (κ1) is 43.3. The zero-order chi connectivity index (χ0) is 41.6. The van der Waals surface area contributed by atoms with Gasteiger partial charge in [0.15, 0.2) is 29.8 Å². The summed E-state index contributed by atoms with van der Waals surface area (Å²) in [7, 11) is 0. The summed E-state index contributed by atoms with van der Waals surface area (Å²) < 4.78 is 22.2. The zero-order valence-corrected chi connectivity index (χ0v) is 28.9. The van der Waals surface area contributed by atoms with Gasteiger partial charge in [-0.25, -0.2) is 14.6 Å². The number of carbonyl (C=O) groups is 6. The second-order valence-electron chi connectivity index (χ2n) is 11.7. The Hall–Kier alpha value is -6.13. The number of nitrogen functional groups attached to an aromatic ring is 2. The fourth-order valence-corrected chi connectivity index (χ4v) is 5.79. The molecule has 2 fully saturated rings. The molecule has 0 bridgehead atoms. The van der Waals surface area contributed by atoms with Gasteiger partial charge in [0.25, 0.3) is 0 Å². The van der Waals surface area contributed by atoms with Crippen molar-refractivity contribution in [2.75, 3.05) is 24.8 Å². The molecule has 0 radical (unpaired) electrons. The molecule has 0 unspecified atom stereocenters. The highest BCUT2D eigenvalue weighted by molar-refractivity contribution is 5.73. The highest BCUT2D eigenvalue weighted by atomic mass is 16.8. The van der Waals surface area contributed by atoms with Gasteiger partial charge in [-0.05, 0) is 6.07 Å². The van der Waals surface area contributed by atoms with Crippen molar-refractivity contribution < 1.29 is 83.2 Å². The molecule has 4 rings (SSSR count). The molecule has 2 aromatic heterocycles. The minimum atomic E-state index is -3.27.